The van der Waals surface area contributed by atoms with E-state index in [0.717, 1.165) is 28.9 Å². The summed E-state index contributed by atoms with van der Waals surface area (Å²) in [7, 11) is 1.65. The van der Waals surface area contributed by atoms with Crippen LogP contribution in [0.25, 0.3) is 11.1 Å². The van der Waals surface area contributed by atoms with Crippen LogP contribution in [-0.4, -0.2) is 30.8 Å². The molecule has 6 nitrogen and oxygen atoms in total. The molecule has 9 heteroatoms. The molecule has 0 radical (unpaired) electrons. The maximum absolute atomic E-state index is 13.8. The third kappa shape index (κ3) is 5.04. The summed E-state index contributed by atoms with van der Waals surface area (Å²) in [6.45, 7) is 1.48. The minimum Gasteiger partial charge on any atom is -0.344 e. The number of fused-ring (bicyclic) bond motifs is 3. The molecule has 0 bridgehead atoms. The minimum atomic E-state index is -0.991. The third-order valence-corrected chi connectivity index (χ3v) is 7.09. The van der Waals surface area contributed by atoms with Crippen LogP contribution in [0.3, 0.4) is 0 Å². The molecule has 1 heterocycles. The van der Waals surface area contributed by atoms with Crippen molar-refractivity contribution in [3.05, 3.63) is 87.0 Å². The SMILES string of the molecule is C[C@H](NC(=O)Cc1cc(F)cc(F)c1I)C(=O)NC1C(=O)N(C)c2ccccc2-c2ccccc21. The van der Waals surface area contributed by atoms with Crippen LogP contribution in [0, 0.1) is 15.2 Å². The molecule has 0 saturated heterocycles. The van der Waals surface area contributed by atoms with E-state index in [-0.39, 0.29) is 21.5 Å². The molecule has 3 aromatic rings. The molecule has 0 saturated carbocycles. The van der Waals surface area contributed by atoms with Crippen LogP contribution in [0.15, 0.2) is 60.7 Å². The summed E-state index contributed by atoms with van der Waals surface area (Å²) >= 11 is 1.70. The fourth-order valence-electron chi connectivity index (χ4n) is 4.11. The molecule has 3 amide bonds. The fraction of sp³-hybridized carbons (Fsp3) is 0.192. The van der Waals surface area contributed by atoms with Crippen molar-refractivity contribution in [3.8, 4) is 11.1 Å². The molecule has 4 rings (SSSR count). The normalized spacial score (nSPS) is 15.5. The Kier molecular flexibility index (Phi) is 7.15. The number of halogens is 3. The van der Waals surface area contributed by atoms with E-state index in [1.807, 2.05) is 36.4 Å². The van der Waals surface area contributed by atoms with Gasteiger partial charge in [0.15, 0.2) is 0 Å². The molecule has 3 aromatic carbocycles. The van der Waals surface area contributed by atoms with Crippen LogP contribution < -0.4 is 15.5 Å². The molecular weight excluding hydrogens is 567 g/mol. The average Bonchev–Trinajstić information content (AvgIpc) is 2.92. The highest BCUT2D eigenvalue weighted by molar-refractivity contribution is 14.1. The number of nitrogens with one attached hydrogen (secondary N) is 2. The van der Waals surface area contributed by atoms with Crippen molar-refractivity contribution in [2.45, 2.75) is 25.4 Å². The van der Waals surface area contributed by atoms with Gasteiger partial charge < -0.3 is 15.5 Å². The van der Waals surface area contributed by atoms with Gasteiger partial charge in [-0.2, -0.15) is 0 Å². The Bertz CT molecular complexity index is 1330. The summed E-state index contributed by atoms with van der Waals surface area (Å²) in [5.74, 6) is -3.00. The monoisotopic (exact) mass is 589 g/mol. The molecule has 1 unspecified atom stereocenters. The van der Waals surface area contributed by atoms with Gasteiger partial charge in [0.2, 0.25) is 11.8 Å². The van der Waals surface area contributed by atoms with Crippen molar-refractivity contribution < 1.29 is 23.2 Å². The number of para-hydroxylation sites is 1. The van der Waals surface area contributed by atoms with Crippen LogP contribution in [0.1, 0.15) is 24.1 Å². The number of nitrogens with zero attached hydrogens (tertiary/aromatic N) is 1. The lowest BCUT2D eigenvalue weighted by atomic mass is 9.95. The topological polar surface area (TPSA) is 78.5 Å². The zero-order valence-corrected chi connectivity index (χ0v) is 21.1. The van der Waals surface area contributed by atoms with E-state index >= 15 is 0 Å². The van der Waals surface area contributed by atoms with E-state index < -0.39 is 35.5 Å². The van der Waals surface area contributed by atoms with Crippen molar-refractivity contribution in [2.75, 3.05) is 11.9 Å². The average molecular weight is 589 g/mol. The van der Waals surface area contributed by atoms with Gasteiger partial charge in [-0.15, -0.1) is 0 Å². The smallest absolute Gasteiger partial charge is 0.253 e. The lowest BCUT2D eigenvalue weighted by Gasteiger charge is -2.24. The Labute approximate surface area is 214 Å². The summed E-state index contributed by atoms with van der Waals surface area (Å²) in [4.78, 5) is 40.4. The molecule has 2 N–H and O–H groups in total. The third-order valence-electron chi connectivity index (χ3n) is 5.88. The lowest BCUT2D eigenvalue weighted by molar-refractivity contribution is -0.130. The predicted octanol–water partition coefficient (Wildman–Crippen LogP) is 4.12. The molecule has 35 heavy (non-hydrogen) atoms. The van der Waals surface area contributed by atoms with Crippen LogP contribution in [0.5, 0.6) is 0 Å². The highest BCUT2D eigenvalue weighted by Gasteiger charge is 2.34. The van der Waals surface area contributed by atoms with Crippen molar-refractivity contribution in [2.24, 2.45) is 0 Å². The van der Waals surface area contributed by atoms with E-state index in [1.54, 1.807) is 41.8 Å². The first-order valence-electron chi connectivity index (χ1n) is 10.9. The first-order valence-corrected chi connectivity index (χ1v) is 11.9. The zero-order chi connectivity index (χ0) is 25.3. The number of amides is 3. The van der Waals surface area contributed by atoms with Gasteiger partial charge in [-0.25, -0.2) is 8.78 Å². The number of benzene rings is 3. The molecule has 0 aromatic heterocycles. The van der Waals surface area contributed by atoms with Crippen LogP contribution >= 0.6 is 22.6 Å². The van der Waals surface area contributed by atoms with Gasteiger partial charge in [-0.1, -0.05) is 42.5 Å². The van der Waals surface area contributed by atoms with Crippen molar-refractivity contribution >= 4 is 46.0 Å². The lowest BCUT2D eigenvalue weighted by Crippen LogP contribution is -2.49. The Balaban J connectivity index is 1.52. The largest absolute Gasteiger partial charge is 0.344 e. The Morgan fingerprint density at radius 1 is 1.06 bits per heavy atom. The summed E-state index contributed by atoms with van der Waals surface area (Å²) in [5, 5.41) is 5.30. The number of anilines is 1. The van der Waals surface area contributed by atoms with Crippen LogP contribution in [0.4, 0.5) is 14.5 Å². The van der Waals surface area contributed by atoms with E-state index in [1.165, 1.54) is 11.8 Å². The highest BCUT2D eigenvalue weighted by Crippen LogP contribution is 2.39. The highest BCUT2D eigenvalue weighted by atomic mass is 127. The van der Waals surface area contributed by atoms with Gasteiger partial charge >= 0.3 is 0 Å². The zero-order valence-electron chi connectivity index (χ0n) is 18.9. The number of carbonyl (C=O) groups excluding carboxylic acids is 3. The Morgan fingerprint density at radius 2 is 1.71 bits per heavy atom. The van der Waals surface area contributed by atoms with Crippen molar-refractivity contribution in [3.63, 3.8) is 0 Å². The quantitative estimate of drug-likeness (QED) is 0.348. The second-order valence-corrected chi connectivity index (χ2v) is 9.35. The van der Waals surface area contributed by atoms with Gasteiger partial charge in [-0.05, 0) is 58.3 Å². The fourth-order valence-corrected chi connectivity index (χ4v) is 4.61. The summed E-state index contributed by atoms with van der Waals surface area (Å²) in [5.41, 5.74) is 3.24. The van der Waals surface area contributed by atoms with Gasteiger partial charge in [0.05, 0.1) is 15.7 Å². The number of rotatable bonds is 5. The molecule has 1 aliphatic rings. The van der Waals surface area contributed by atoms with Crippen molar-refractivity contribution in [1.29, 1.82) is 0 Å². The Morgan fingerprint density at radius 3 is 2.46 bits per heavy atom. The second kappa shape index (κ2) is 10.1. The first kappa shape index (κ1) is 24.8. The summed E-state index contributed by atoms with van der Waals surface area (Å²) in [6, 6.07) is 14.7. The van der Waals surface area contributed by atoms with Crippen molar-refractivity contribution in [1.82, 2.24) is 10.6 Å². The Hall–Kier alpha value is -3.34. The molecule has 2 atom stereocenters. The number of hydrogen-bond acceptors (Lipinski definition) is 3. The van der Waals surface area contributed by atoms with E-state index in [0.29, 0.717) is 5.56 Å². The van der Waals surface area contributed by atoms with E-state index in [9.17, 15) is 23.2 Å². The summed E-state index contributed by atoms with van der Waals surface area (Å²) in [6.07, 6.45) is -0.298. The maximum atomic E-state index is 13.8. The molecule has 180 valence electrons. The number of hydrogen-bond donors (Lipinski definition) is 2. The minimum absolute atomic E-state index is 0.138. The van der Waals surface area contributed by atoms with Crippen LogP contribution in [0.2, 0.25) is 0 Å². The predicted molar refractivity (Wildman–Crippen MR) is 137 cm³/mol. The van der Waals surface area contributed by atoms with Crippen LogP contribution in [-0.2, 0) is 20.8 Å². The number of carbonyl (C=O) groups is 3. The van der Waals surface area contributed by atoms with Gasteiger partial charge in [-0.3, -0.25) is 14.4 Å². The standard InChI is InChI=1S/C26H22F2IN3O3/c1-14(30-22(33)12-15-11-16(27)13-20(28)23(15)29)25(34)31-24-19-9-4-3-7-17(19)18-8-5-6-10-21(18)32(2)26(24)35/h3-11,13-14,24H,12H2,1-2H3,(H,30,33)(H,31,34)/t14-,24?/m0/s1. The van der Waals surface area contributed by atoms with E-state index in [4.69, 9.17) is 0 Å². The molecular formula is C26H22F2IN3O3. The summed E-state index contributed by atoms with van der Waals surface area (Å²) < 4.78 is 27.5. The molecule has 0 aliphatic carbocycles. The maximum Gasteiger partial charge on any atom is 0.253 e. The van der Waals surface area contributed by atoms with Gasteiger partial charge in [0.25, 0.3) is 5.91 Å². The molecule has 0 fully saturated rings. The van der Waals surface area contributed by atoms with Gasteiger partial charge in [0.1, 0.15) is 23.7 Å². The molecule has 0 spiro atoms. The number of likely N-dealkylation sites (N-methyl/N-ethyl adjacent to an activating group) is 1. The molecule has 1 aliphatic heterocycles. The first-order chi connectivity index (χ1) is 16.7. The van der Waals surface area contributed by atoms with Gasteiger partial charge in [0, 0.05) is 18.7 Å². The second-order valence-electron chi connectivity index (χ2n) is 8.27. The van der Waals surface area contributed by atoms with E-state index in [2.05, 4.69) is 10.6 Å².